The van der Waals surface area contributed by atoms with Crippen LogP contribution in [0, 0.1) is 0 Å². The molecular weight excluding hydrogens is 424 g/mol. The number of esters is 3. The molecule has 1 aliphatic heterocycles. The lowest BCUT2D eigenvalue weighted by atomic mass is 9.98. The fourth-order valence-corrected chi connectivity index (χ4v) is 3.26. The van der Waals surface area contributed by atoms with Crippen LogP contribution < -0.4 is 0 Å². The predicted molar refractivity (Wildman–Crippen MR) is 96.2 cm³/mol. The lowest BCUT2D eigenvalue weighted by molar-refractivity contribution is -0.290. The first-order valence-corrected chi connectivity index (χ1v) is 9.34. The summed E-state index contributed by atoms with van der Waals surface area (Å²) in [6, 6.07) is 8.35. The molecule has 1 aromatic rings. The van der Waals surface area contributed by atoms with Crippen molar-refractivity contribution in [3.05, 3.63) is 35.9 Å². The fraction of sp³-hybridized carbons (Fsp3) is 0.500. The minimum absolute atomic E-state index is 0.268. The van der Waals surface area contributed by atoms with Gasteiger partial charge in [-0.2, -0.15) is 0 Å². The van der Waals surface area contributed by atoms with Crippen molar-refractivity contribution in [3.63, 3.8) is 0 Å². The van der Waals surface area contributed by atoms with Crippen LogP contribution in [0.1, 0.15) is 24.2 Å². The van der Waals surface area contributed by atoms with Crippen molar-refractivity contribution >= 4 is 33.8 Å². The second-order valence-corrected chi connectivity index (χ2v) is 6.46. The Kier molecular flexibility index (Phi) is 7.76. The summed E-state index contributed by atoms with van der Waals surface area (Å²) >= 11 is 3.30. The fourth-order valence-electron chi connectivity index (χ4n) is 2.74. The summed E-state index contributed by atoms with van der Waals surface area (Å²) in [5.74, 6) is -1.86. The molecule has 0 spiro atoms. The van der Waals surface area contributed by atoms with Crippen LogP contribution in [0.4, 0.5) is 0 Å². The zero-order valence-electron chi connectivity index (χ0n) is 15.1. The van der Waals surface area contributed by atoms with Crippen molar-refractivity contribution in [3.8, 4) is 0 Å². The number of carbonyl (C=O) groups excluding carboxylic acids is 3. The van der Waals surface area contributed by atoms with E-state index in [0.717, 1.165) is 0 Å². The van der Waals surface area contributed by atoms with E-state index in [9.17, 15) is 14.4 Å². The molecule has 1 aromatic carbocycles. The monoisotopic (exact) mass is 444 g/mol. The Labute approximate surface area is 165 Å². The van der Waals surface area contributed by atoms with Crippen molar-refractivity contribution in [2.45, 2.75) is 44.6 Å². The van der Waals surface area contributed by atoms with E-state index in [1.165, 1.54) is 21.0 Å². The van der Waals surface area contributed by atoms with E-state index in [4.69, 9.17) is 23.7 Å². The summed E-state index contributed by atoms with van der Waals surface area (Å²) < 4.78 is 27.1. The van der Waals surface area contributed by atoms with E-state index in [1.54, 1.807) is 30.3 Å². The summed E-state index contributed by atoms with van der Waals surface area (Å²) in [7, 11) is 1.37. The van der Waals surface area contributed by atoms with Crippen molar-refractivity contribution in [2.75, 3.05) is 12.4 Å². The molecule has 27 heavy (non-hydrogen) atoms. The number of hydrogen-bond donors (Lipinski definition) is 0. The highest BCUT2D eigenvalue weighted by atomic mass is 79.9. The van der Waals surface area contributed by atoms with Gasteiger partial charge in [-0.1, -0.05) is 34.1 Å². The van der Waals surface area contributed by atoms with Crippen LogP contribution in [0.15, 0.2) is 30.3 Å². The number of hydrogen-bond acceptors (Lipinski definition) is 8. The van der Waals surface area contributed by atoms with Gasteiger partial charge in [0, 0.05) is 26.3 Å². The van der Waals surface area contributed by atoms with E-state index in [0.29, 0.717) is 5.56 Å². The molecule has 8 nitrogen and oxygen atoms in total. The Balaban J connectivity index is 2.34. The molecule has 148 valence electrons. The molecule has 1 aliphatic rings. The second-order valence-electron chi connectivity index (χ2n) is 5.82. The molecule has 0 aromatic heterocycles. The average Bonchev–Trinajstić information content (AvgIpc) is 2.64. The minimum atomic E-state index is -1.10. The van der Waals surface area contributed by atoms with Crippen molar-refractivity contribution in [2.24, 2.45) is 0 Å². The Morgan fingerprint density at radius 2 is 1.56 bits per heavy atom. The van der Waals surface area contributed by atoms with Gasteiger partial charge in [-0.25, -0.2) is 4.79 Å². The maximum absolute atomic E-state index is 12.5. The molecule has 0 saturated carbocycles. The molecule has 5 atom stereocenters. The second kappa shape index (κ2) is 9.82. The molecule has 9 heteroatoms. The van der Waals surface area contributed by atoms with Gasteiger partial charge < -0.3 is 23.7 Å². The number of alkyl halides is 1. The number of benzene rings is 1. The van der Waals surface area contributed by atoms with Crippen molar-refractivity contribution < 1.29 is 38.1 Å². The van der Waals surface area contributed by atoms with E-state index in [-0.39, 0.29) is 5.33 Å². The van der Waals surface area contributed by atoms with Gasteiger partial charge in [0.2, 0.25) is 0 Å². The van der Waals surface area contributed by atoms with E-state index < -0.39 is 48.6 Å². The Morgan fingerprint density at radius 3 is 2.07 bits per heavy atom. The summed E-state index contributed by atoms with van der Waals surface area (Å²) in [6.07, 6.45) is -4.90. The van der Waals surface area contributed by atoms with Gasteiger partial charge in [-0.3, -0.25) is 9.59 Å². The highest BCUT2D eigenvalue weighted by Crippen LogP contribution is 2.30. The Morgan fingerprint density at radius 1 is 0.963 bits per heavy atom. The lowest BCUT2D eigenvalue weighted by Gasteiger charge is -2.43. The number of methoxy groups -OCH3 is 1. The highest BCUT2D eigenvalue weighted by Gasteiger charge is 2.52. The molecule has 1 fully saturated rings. The maximum atomic E-state index is 12.5. The van der Waals surface area contributed by atoms with Crippen LogP contribution >= 0.6 is 15.9 Å². The van der Waals surface area contributed by atoms with E-state index >= 15 is 0 Å². The first kappa shape index (κ1) is 21.3. The smallest absolute Gasteiger partial charge is 0.338 e. The maximum Gasteiger partial charge on any atom is 0.338 e. The molecule has 0 unspecified atom stereocenters. The van der Waals surface area contributed by atoms with E-state index in [2.05, 4.69) is 15.9 Å². The van der Waals surface area contributed by atoms with Crippen molar-refractivity contribution in [1.29, 1.82) is 0 Å². The quantitative estimate of drug-likeness (QED) is 0.372. The van der Waals surface area contributed by atoms with Gasteiger partial charge in [0.05, 0.1) is 5.56 Å². The van der Waals surface area contributed by atoms with Crippen LogP contribution in [-0.4, -0.2) is 61.1 Å². The third-order valence-corrected chi connectivity index (χ3v) is 4.47. The van der Waals surface area contributed by atoms with Crippen LogP contribution in [-0.2, 0) is 33.3 Å². The topological polar surface area (TPSA) is 97.4 Å². The van der Waals surface area contributed by atoms with Gasteiger partial charge in [0.1, 0.15) is 6.10 Å². The van der Waals surface area contributed by atoms with Gasteiger partial charge in [0.15, 0.2) is 24.6 Å². The van der Waals surface area contributed by atoms with Gasteiger partial charge in [0.25, 0.3) is 0 Å². The highest BCUT2D eigenvalue weighted by molar-refractivity contribution is 9.09. The summed E-state index contributed by atoms with van der Waals surface area (Å²) in [6.45, 7) is 2.42. The Bertz CT molecular complexity index is 665. The standard InChI is InChI=1S/C18H21BrO8/c1-10(20)24-15-14(27-17(22)12-7-5-4-6-8-12)13(9-19)26-18(23-3)16(15)25-11(2)21/h4-8,13-16,18H,9H2,1-3H3/t13-,14+,15-,16+,18-/m0/s1. The number of rotatable bonds is 6. The first-order valence-electron chi connectivity index (χ1n) is 8.22. The Hall–Kier alpha value is -1.97. The van der Waals surface area contributed by atoms with Crippen LogP contribution in [0.5, 0.6) is 0 Å². The largest absolute Gasteiger partial charge is 0.454 e. The molecular formula is C18H21BrO8. The molecule has 0 N–H and O–H groups in total. The molecule has 0 aliphatic carbocycles. The number of halogens is 1. The minimum Gasteiger partial charge on any atom is -0.454 e. The normalized spacial score (nSPS) is 27.5. The van der Waals surface area contributed by atoms with Gasteiger partial charge in [-0.15, -0.1) is 0 Å². The summed E-state index contributed by atoms with van der Waals surface area (Å²) in [5, 5.41) is 0.268. The summed E-state index contributed by atoms with van der Waals surface area (Å²) in [5.41, 5.74) is 0.324. The molecule has 1 heterocycles. The molecule has 0 bridgehead atoms. The van der Waals surface area contributed by atoms with Crippen molar-refractivity contribution in [1.82, 2.24) is 0 Å². The first-order chi connectivity index (χ1) is 12.9. The van der Waals surface area contributed by atoms with Gasteiger partial charge >= 0.3 is 17.9 Å². The molecule has 1 saturated heterocycles. The SMILES string of the molecule is CO[C@H]1O[C@@H](CBr)[C@@H](OC(=O)c2ccccc2)[C@H](OC(C)=O)[C@H]1OC(C)=O. The molecule has 0 radical (unpaired) electrons. The lowest BCUT2D eigenvalue weighted by Crippen LogP contribution is -2.62. The summed E-state index contributed by atoms with van der Waals surface area (Å²) in [4.78, 5) is 35.7. The number of carbonyl (C=O) groups is 3. The van der Waals surface area contributed by atoms with Crippen LogP contribution in [0.25, 0.3) is 0 Å². The average molecular weight is 445 g/mol. The van der Waals surface area contributed by atoms with Crippen LogP contribution in [0.2, 0.25) is 0 Å². The zero-order valence-corrected chi connectivity index (χ0v) is 16.7. The van der Waals surface area contributed by atoms with Crippen LogP contribution in [0.3, 0.4) is 0 Å². The molecule has 0 amide bonds. The molecule has 2 rings (SSSR count). The third-order valence-electron chi connectivity index (χ3n) is 3.83. The predicted octanol–water partition coefficient (Wildman–Crippen LogP) is 1.84. The van der Waals surface area contributed by atoms with E-state index in [1.807, 2.05) is 0 Å². The number of ether oxygens (including phenoxy) is 5. The third kappa shape index (κ3) is 5.50. The zero-order chi connectivity index (χ0) is 20.0. The van der Waals surface area contributed by atoms with Gasteiger partial charge in [-0.05, 0) is 12.1 Å².